The van der Waals surface area contributed by atoms with E-state index in [2.05, 4.69) is 29.4 Å². The first kappa shape index (κ1) is 20.5. The number of sulfonamides is 1. The lowest BCUT2D eigenvalue weighted by Gasteiger charge is -2.30. The van der Waals surface area contributed by atoms with E-state index >= 15 is 0 Å². The van der Waals surface area contributed by atoms with Gasteiger partial charge in [0, 0.05) is 38.3 Å². The van der Waals surface area contributed by atoms with Crippen molar-refractivity contribution in [2.75, 3.05) is 19.6 Å². The van der Waals surface area contributed by atoms with Gasteiger partial charge >= 0.3 is 0 Å². The largest absolute Gasteiger partial charge is 0.355 e. The van der Waals surface area contributed by atoms with E-state index in [0.717, 1.165) is 0 Å². The summed E-state index contributed by atoms with van der Waals surface area (Å²) in [5.74, 6) is 0.0945. The number of amides is 1. The lowest BCUT2D eigenvalue weighted by atomic mass is 9.96. The number of nitrogens with zero attached hydrogens (tertiary/aromatic N) is 3. The third-order valence-corrected chi connectivity index (χ3v) is 7.14. The number of nitrogens with one attached hydrogen (secondary N) is 1. The van der Waals surface area contributed by atoms with Crippen molar-refractivity contribution in [3.63, 3.8) is 0 Å². The first-order valence-corrected chi connectivity index (χ1v) is 11.2. The van der Waals surface area contributed by atoms with Gasteiger partial charge in [-0.3, -0.25) is 4.79 Å². The molecule has 1 aromatic carbocycles. The fourth-order valence-corrected chi connectivity index (χ4v) is 4.84. The zero-order chi connectivity index (χ0) is 20.1. The summed E-state index contributed by atoms with van der Waals surface area (Å²) in [5, 5.41) is 3.10. The molecule has 0 radical (unpaired) electrons. The number of piperidine rings is 1. The number of imidazole rings is 1. The normalized spacial score (nSPS) is 17.4. The number of carbonyl (C=O) groups excluding carboxylic acids is 1. The van der Waals surface area contributed by atoms with Crippen molar-refractivity contribution in [3.05, 3.63) is 48.4 Å². The second-order valence-electron chi connectivity index (χ2n) is 7.28. The molecule has 1 saturated heterocycles. The predicted octanol–water partition coefficient (Wildman–Crippen LogP) is 2.22. The van der Waals surface area contributed by atoms with Crippen LogP contribution in [-0.2, 0) is 21.4 Å². The average molecular weight is 405 g/mol. The van der Waals surface area contributed by atoms with E-state index in [1.54, 1.807) is 10.8 Å². The minimum Gasteiger partial charge on any atom is -0.355 e. The van der Waals surface area contributed by atoms with Crippen LogP contribution in [0.15, 0.2) is 47.9 Å². The van der Waals surface area contributed by atoms with Crippen molar-refractivity contribution in [1.29, 1.82) is 0 Å². The van der Waals surface area contributed by atoms with Gasteiger partial charge < -0.3 is 9.88 Å². The number of aromatic nitrogens is 2. The SMILES string of the molecule is CCn1cnc(S(=O)(=O)N2CCC(C(=O)NCC(C)c3ccccc3)CC2)c1. The van der Waals surface area contributed by atoms with Crippen LogP contribution in [0, 0.1) is 5.92 Å². The molecule has 1 aliphatic heterocycles. The highest BCUT2D eigenvalue weighted by atomic mass is 32.2. The molecule has 2 heterocycles. The maximum Gasteiger partial charge on any atom is 0.262 e. The molecule has 0 bridgehead atoms. The molecular weight excluding hydrogens is 376 g/mol. The summed E-state index contributed by atoms with van der Waals surface area (Å²) in [6.45, 7) is 5.95. The second kappa shape index (κ2) is 8.87. The van der Waals surface area contributed by atoms with Crippen LogP contribution in [0.5, 0.6) is 0 Å². The highest BCUT2D eigenvalue weighted by Gasteiger charge is 2.33. The van der Waals surface area contributed by atoms with Gasteiger partial charge in [0.05, 0.1) is 6.33 Å². The minimum absolute atomic E-state index is 0.00934. The van der Waals surface area contributed by atoms with Gasteiger partial charge in [0.15, 0.2) is 5.03 Å². The van der Waals surface area contributed by atoms with E-state index in [4.69, 9.17) is 0 Å². The number of aryl methyl sites for hydroxylation is 1. The van der Waals surface area contributed by atoms with E-state index in [1.165, 1.54) is 16.2 Å². The van der Waals surface area contributed by atoms with E-state index in [1.807, 2.05) is 25.1 Å². The van der Waals surface area contributed by atoms with Crippen LogP contribution in [0.3, 0.4) is 0 Å². The Morgan fingerprint density at radius 3 is 2.54 bits per heavy atom. The van der Waals surface area contributed by atoms with Gasteiger partial charge in [-0.25, -0.2) is 13.4 Å². The fraction of sp³-hybridized carbons (Fsp3) is 0.500. The van der Waals surface area contributed by atoms with Gasteiger partial charge in [-0.15, -0.1) is 0 Å². The molecule has 1 fully saturated rings. The molecule has 7 nitrogen and oxygen atoms in total. The molecule has 2 aromatic rings. The van der Waals surface area contributed by atoms with Crippen LogP contribution in [0.2, 0.25) is 0 Å². The van der Waals surface area contributed by atoms with Gasteiger partial charge in [0.25, 0.3) is 10.0 Å². The number of hydrogen-bond acceptors (Lipinski definition) is 4. The van der Waals surface area contributed by atoms with E-state index in [0.29, 0.717) is 39.0 Å². The Labute approximate surface area is 166 Å². The van der Waals surface area contributed by atoms with Crippen molar-refractivity contribution < 1.29 is 13.2 Å². The van der Waals surface area contributed by atoms with E-state index < -0.39 is 10.0 Å². The van der Waals surface area contributed by atoms with Gasteiger partial charge in [-0.05, 0) is 31.2 Å². The quantitative estimate of drug-likeness (QED) is 0.767. The molecule has 8 heteroatoms. The molecule has 28 heavy (non-hydrogen) atoms. The number of carbonyl (C=O) groups is 1. The first-order valence-electron chi connectivity index (χ1n) is 9.76. The summed E-state index contributed by atoms with van der Waals surface area (Å²) < 4.78 is 28.6. The van der Waals surface area contributed by atoms with Crippen LogP contribution in [0.1, 0.15) is 38.2 Å². The third-order valence-electron chi connectivity index (χ3n) is 5.35. The van der Waals surface area contributed by atoms with Gasteiger partial charge in [-0.2, -0.15) is 4.31 Å². The Morgan fingerprint density at radius 1 is 1.25 bits per heavy atom. The van der Waals surface area contributed by atoms with E-state index in [9.17, 15) is 13.2 Å². The van der Waals surface area contributed by atoms with Crippen LogP contribution >= 0.6 is 0 Å². The lowest BCUT2D eigenvalue weighted by Crippen LogP contribution is -2.43. The summed E-state index contributed by atoms with van der Waals surface area (Å²) in [4.78, 5) is 16.5. The summed E-state index contributed by atoms with van der Waals surface area (Å²) in [6.07, 6.45) is 4.14. The topological polar surface area (TPSA) is 84.3 Å². The van der Waals surface area contributed by atoms with Gasteiger partial charge in [-0.1, -0.05) is 37.3 Å². The standard InChI is InChI=1S/C20H28N4O3S/c1-3-23-14-19(22-15-23)28(26,27)24-11-9-18(10-12-24)20(25)21-13-16(2)17-7-5-4-6-8-17/h4-8,14-16,18H,3,9-13H2,1-2H3,(H,21,25). The van der Waals surface area contributed by atoms with Crippen molar-refractivity contribution in [2.45, 2.75) is 44.2 Å². The summed E-state index contributed by atoms with van der Waals surface area (Å²) >= 11 is 0. The monoisotopic (exact) mass is 404 g/mol. The highest BCUT2D eigenvalue weighted by molar-refractivity contribution is 7.89. The zero-order valence-corrected chi connectivity index (χ0v) is 17.2. The first-order chi connectivity index (χ1) is 13.4. The zero-order valence-electron chi connectivity index (χ0n) is 16.4. The Bertz CT molecular complexity index is 887. The molecule has 1 aliphatic rings. The molecule has 3 rings (SSSR count). The summed E-state index contributed by atoms with van der Waals surface area (Å²) in [7, 11) is -3.59. The second-order valence-corrected chi connectivity index (χ2v) is 9.16. The molecule has 0 saturated carbocycles. The lowest BCUT2D eigenvalue weighted by molar-refractivity contribution is -0.126. The Morgan fingerprint density at radius 2 is 1.93 bits per heavy atom. The van der Waals surface area contributed by atoms with Crippen molar-refractivity contribution in [2.24, 2.45) is 5.92 Å². The summed E-state index contributed by atoms with van der Waals surface area (Å²) in [6, 6.07) is 10.1. The number of benzene rings is 1. The van der Waals surface area contributed by atoms with Crippen molar-refractivity contribution in [1.82, 2.24) is 19.2 Å². The van der Waals surface area contributed by atoms with Crippen molar-refractivity contribution in [3.8, 4) is 0 Å². The molecule has 1 N–H and O–H groups in total. The molecular formula is C20H28N4O3S. The Hall–Kier alpha value is -2.19. The van der Waals surface area contributed by atoms with Gasteiger partial charge in [0.1, 0.15) is 0 Å². The number of hydrogen-bond donors (Lipinski definition) is 1. The number of rotatable bonds is 7. The Kier molecular flexibility index (Phi) is 6.51. The van der Waals surface area contributed by atoms with Crippen LogP contribution in [0.4, 0.5) is 0 Å². The maximum absolute atomic E-state index is 12.7. The Balaban J connectivity index is 1.51. The molecule has 1 amide bonds. The van der Waals surface area contributed by atoms with Crippen LogP contribution < -0.4 is 5.32 Å². The van der Waals surface area contributed by atoms with Gasteiger partial charge in [0.2, 0.25) is 5.91 Å². The highest BCUT2D eigenvalue weighted by Crippen LogP contribution is 2.23. The van der Waals surface area contributed by atoms with Crippen molar-refractivity contribution >= 4 is 15.9 Å². The predicted molar refractivity (Wildman–Crippen MR) is 107 cm³/mol. The van der Waals surface area contributed by atoms with E-state index in [-0.39, 0.29) is 22.8 Å². The summed E-state index contributed by atoms with van der Waals surface area (Å²) in [5.41, 5.74) is 1.19. The molecule has 1 unspecified atom stereocenters. The smallest absolute Gasteiger partial charge is 0.262 e. The van der Waals surface area contributed by atoms with Crippen LogP contribution in [0.25, 0.3) is 0 Å². The average Bonchev–Trinajstić information content (AvgIpc) is 3.23. The molecule has 0 aliphatic carbocycles. The third kappa shape index (κ3) is 4.62. The fourth-order valence-electron chi connectivity index (χ4n) is 3.43. The molecule has 0 spiro atoms. The molecule has 1 atom stereocenters. The maximum atomic E-state index is 12.7. The van der Waals surface area contributed by atoms with Crippen LogP contribution in [-0.4, -0.2) is 47.8 Å². The minimum atomic E-state index is -3.59. The molecule has 1 aromatic heterocycles. The molecule has 152 valence electrons.